The maximum absolute atomic E-state index is 12.9. The molecule has 0 saturated carbocycles. The van der Waals surface area contributed by atoms with Gasteiger partial charge in [-0.05, 0) is 0 Å². The second-order valence-electron chi connectivity index (χ2n) is 2.52. The summed E-state index contributed by atoms with van der Waals surface area (Å²) < 4.78 is 26.1. The molecule has 1 rings (SSSR count). The van der Waals surface area contributed by atoms with E-state index in [-0.39, 0.29) is 0 Å². The van der Waals surface area contributed by atoms with Crippen molar-refractivity contribution >= 4 is 22.0 Å². The topological polar surface area (TPSA) is 0 Å². The van der Waals surface area contributed by atoms with Gasteiger partial charge in [0.05, 0.1) is 0 Å². The van der Waals surface area contributed by atoms with E-state index < -0.39 is 11.6 Å². The van der Waals surface area contributed by atoms with Gasteiger partial charge in [0.2, 0.25) is 0 Å². The first kappa shape index (κ1) is 8.77. The molecule has 0 amide bonds. The van der Waals surface area contributed by atoms with Gasteiger partial charge in [-0.1, -0.05) is 0 Å². The quantitative estimate of drug-likeness (QED) is 0.527. The molecule has 0 aromatic heterocycles. The van der Waals surface area contributed by atoms with Crippen LogP contribution in [-0.4, -0.2) is 17.7 Å². The molecule has 1 aromatic carbocycles. The summed E-state index contributed by atoms with van der Waals surface area (Å²) in [6, 6.07) is 3.21. The second-order valence-corrected chi connectivity index (χ2v) is 2.52. The van der Waals surface area contributed by atoms with E-state index in [1.165, 1.54) is 0 Å². The molecule has 0 saturated heterocycles. The fourth-order valence-corrected chi connectivity index (χ4v) is 0.959. The van der Waals surface area contributed by atoms with Gasteiger partial charge < -0.3 is 0 Å². The first-order valence-electron chi connectivity index (χ1n) is 3.60. The molecule has 0 N–H and O–H groups in total. The SMILES string of the molecule is [Li][c]1ccc(CC)c(F)c1F. The molecule has 0 aliphatic heterocycles. The van der Waals surface area contributed by atoms with Crippen molar-refractivity contribution in [3.05, 3.63) is 29.3 Å². The summed E-state index contributed by atoms with van der Waals surface area (Å²) in [6.45, 7) is 1.80. The van der Waals surface area contributed by atoms with Crippen molar-refractivity contribution in [1.29, 1.82) is 0 Å². The minimum absolute atomic E-state index is 0.361. The summed E-state index contributed by atoms with van der Waals surface area (Å²) in [5.41, 5.74) is 0.438. The average Bonchev–Trinajstić information content (AvgIpc) is 2.01. The molecule has 0 bridgehead atoms. The van der Waals surface area contributed by atoms with Crippen LogP contribution in [-0.2, 0) is 6.42 Å². The van der Waals surface area contributed by atoms with Crippen LogP contribution in [0.2, 0.25) is 0 Å². The van der Waals surface area contributed by atoms with Crippen molar-refractivity contribution in [2.24, 2.45) is 0 Å². The van der Waals surface area contributed by atoms with Crippen molar-refractivity contribution in [2.45, 2.75) is 13.3 Å². The zero-order chi connectivity index (χ0) is 8.43. The Kier molecular flexibility index (Phi) is 2.70. The van der Waals surface area contributed by atoms with Gasteiger partial charge in [0, 0.05) is 0 Å². The fourth-order valence-electron chi connectivity index (χ4n) is 0.959. The van der Waals surface area contributed by atoms with Crippen LogP contribution in [0.5, 0.6) is 0 Å². The van der Waals surface area contributed by atoms with Crippen molar-refractivity contribution in [3.8, 4) is 0 Å². The molecular formula is C8H7F2Li. The Hall–Kier alpha value is -0.323. The Morgan fingerprint density at radius 3 is 2.45 bits per heavy atom. The average molecular weight is 148 g/mol. The zero-order valence-electron chi connectivity index (χ0n) is 6.62. The zero-order valence-corrected chi connectivity index (χ0v) is 6.62. The van der Waals surface area contributed by atoms with Crippen LogP contribution in [0.25, 0.3) is 0 Å². The predicted molar refractivity (Wildman–Crippen MR) is 41.1 cm³/mol. The van der Waals surface area contributed by atoms with Crippen LogP contribution in [0.1, 0.15) is 12.5 Å². The Morgan fingerprint density at radius 2 is 1.91 bits per heavy atom. The molecule has 1 aromatic rings. The first-order valence-corrected chi connectivity index (χ1v) is 3.60. The fraction of sp³-hybridized carbons (Fsp3) is 0.250. The van der Waals surface area contributed by atoms with Crippen LogP contribution in [0, 0.1) is 11.6 Å². The number of halogens is 2. The summed E-state index contributed by atoms with van der Waals surface area (Å²) in [6.07, 6.45) is 0.531. The second kappa shape index (κ2) is 3.38. The Labute approximate surface area is 73.8 Å². The maximum atomic E-state index is 12.9. The monoisotopic (exact) mass is 148 g/mol. The van der Waals surface area contributed by atoms with E-state index >= 15 is 0 Å². The molecule has 0 spiro atoms. The molecule has 0 atom stereocenters. The standard InChI is InChI=1S/C8H7F2.Li/c1-2-6-4-3-5-7(9)8(6)10;/h3-4H,2H2,1H3;. The normalized spacial score (nSPS) is 10.3. The molecule has 54 valence electrons. The van der Waals surface area contributed by atoms with E-state index in [4.69, 9.17) is 0 Å². The van der Waals surface area contributed by atoms with Gasteiger partial charge in [-0.2, -0.15) is 0 Å². The third kappa shape index (κ3) is 1.64. The number of rotatable bonds is 1. The van der Waals surface area contributed by atoms with Gasteiger partial charge in [0.25, 0.3) is 0 Å². The van der Waals surface area contributed by atoms with Gasteiger partial charge in [0.1, 0.15) is 0 Å². The van der Waals surface area contributed by atoms with Gasteiger partial charge >= 0.3 is 73.4 Å². The van der Waals surface area contributed by atoms with Crippen LogP contribution in [0.15, 0.2) is 12.1 Å². The van der Waals surface area contributed by atoms with Crippen LogP contribution < -0.4 is 4.24 Å². The summed E-state index contributed by atoms with van der Waals surface area (Å²) in [7, 11) is 0. The van der Waals surface area contributed by atoms with Gasteiger partial charge in [-0.25, -0.2) is 0 Å². The molecule has 11 heavy (non-hydrogen) atoms. The molecule has 0 nitrogen and oxygen atoms in total. The number of hydrogen-bond acceptors (Lipinski definition) is 0. The molecular weight excluding hydrogens is 141 g/mol. The summed E-state index contributed by atoms with van der Waals surface area (Å²) >= 11 is 1.55. The summed E-state index contributed by atoms with van der Waals surface area (Å²) in [4.78, 5) is 0. The Bertz CT molecular complexity index is 271. The molecule has 0 heterocycles. The first-order chi connectivity index (χ1) is 5.16. The van der Waals surface area contributed by atoms with Crippen LogP contribution in [0.3, 0.4) is 0 Å². The van der Waals surface area contributed by atoms with Crippen LogP contribution in [0.4, 0.5) is 8.78 Å². The van der Waals surface area contributed by atoms with Gasteiger partial charge in [-0.15, -0.1) is 0 Å². The summed E-state index contributed by atoms with van der Waals surface area (Å²) in [5.74, 6) is -1.42. The predicted octanol–water partition coefficient (Wildman–Crippen LogP) is 1.32. The van der Waals surface area contributed by atoms with E-state index in [2.05, 4.69) is 0 Å². The molecule has 0 aliphatic rings. The van der Waals surface area contributed by atoms with Crippen LogP contribution >= 0.6 is 0 Å². The van der Waals surface area contributed by atoms with E-state index in [0.29, 0.717) is 16.2 Å². The molecule has 0 aliphatic carbocycles. The van der Waals surface area contributed by atoms with Crippen molar-refractivity contribution in [2.75, 3.05) is 0 Å². The number of benzene rings is 1. The van der Waals surface area contributed by atoms with Crippen molar-refractivity contribution in [1.82, 2.24) is 0 Å². The number of hydrogen-bond donors (Lipinski definition) is 0. The van der Waals surface area contributed by atoms with Crippen molar-refractivity contribution in [3.63, 3.8) is 0 Å². The summed E-state index contributed by atoms with van der Waals surface area (Å²) in [5, 5.41) is 0. The van der Waals surface area contributed by atoms with E-state index in [9.17, 15) is 8.78 Å². The molecule has 3 heteroatoms. The van der Waals surface area contributed by atoms with Gasteiger partial charge in [-0.3, -0.25) is 0 Å². The number of aryl methyl sites for hydroxylation is 1. The minimum atomic E-state index is -0.718. The third-order valence-electron chi connectivity index (χ3n) is 1.74. The van der Waals surface area contributed by atoms with Gasteiger partial charge in [0.15, 0.2) is 0 Å². The van der Waals surface area contributed by atoms with E-state index in [0.717, 1.165) is 0 Å². The molecule has 0 radical (unpaired) electrons. The Morgan fingerprint density at radius 1 is 1.27 bits per heavy atom. The third-order valence-corrected chi connectivity index (χ3v) is 1.74. The Balaban J connectivity index is 3.25. The molecule has 0 unspecified atom stereocenters. The van der Waals surface area contributed by atoms with Crippen molar-refractivity contribution < 1.29 is 8.78 Å². The molecule has 0 fully saturated rings. The van der Waals surface area contributed by atoms with E-state index in [1.54, 1.807) is 36.8 Å². The van der Waals surface area contributed by atoms with E-state index in [1.807, 2.05) is 0 Å².